The third-order valence-electron chi connectivity index (χ3n) is 3.77. The van der Waals surface area contributed by atoms with Crippen molar-refractivity contribution < 1.29 is 18.7 Å². The summed E-state index contributed by atoms with van der Waals surface area (Å²) in [6.07, 6.45) is 1.64. The summed E-state index contributed by atoms with van der Waals surface area (Å²) in [6.45, 7) is 0.973. The summed E-state index contributed by atoms with van der Waals surface area (Å²) in [4.78, 5) is 27.1. The Balaban J connectivity index is 1.28. The van der Waals surface area contributed by atoms with Gasteiger partial charge in [-0.25, -0.2) is 0 Å². The highest BCUT2D eigenvalue weighted by Crippen LogP contribution is 2.22. The number of amides is 1. The van der Waals surface area contributed by atoms with E-state index < -0.39 is 0 Å². The average Bonchev–Trinajstić information content (AvgIpc) is 3.22. The summed E-state index contributed by atoms with van der Waals surface area (Å²) in [7, 11) is 0. The molecule has 1 aliphatic rings. The highest BCUT2D eigenvalue weighted by molar-refractivity contribution is 8.27. The summed E-state index contributed by atoms with van der Waals surface area (Å²) in [5.41, 5.74) is 2.64. The maximum Gasteiger partial charge on any atom is 0.295 e. The number of ether oxygens (including phenoxy) is 1. The lowest BCUT2D eigenvalue weighted by molar-refractivity contribution is -0.107. The number of carbonyl (C=O) groups excluding carboxylic acids is 2. The van der Waals surface area contributed by atoms with Crippen LogP contribution in [-0.2, 0) is 4.79 Å². The lowest BCUT2D eigenvalue weighted by Crippen LogP contribution is -2.11. The van der Waals surface area contributed by atoms with Crippen LogP contribution in [0.15, 0.2) is 58.6 Å². The number of carbonyl (C=O) groups is 2. The van der Waals surface area contributed by atoms with E-state index in [-0.39, 0.29) is 10.4 Å². The van der Waals surface area contributed by atoms with Crippen molar-refractivity contribution in [3.8, 4) is 5.75 Å². The summed E-state index contributed by atoms with van der Waals surface area (Å²) in [6, 6.07) is 15.3. The summed E-state index contributed by atoms with van der Waals surface area (Å²) < 4.78 is 11.2. The molecule has 0 aliphatic carbocycles. The van der Waals surface area contributed by atoms with E-state index in [9.17, 15) is 9.59 Å². The molecule has 0 unspecified atom stereocenters. The number of thioether (sulfide) groups is 1. The largest absolute Gasteiger partial charge is 0.492 e. The van der Waals surface area contributed by atoms with Crippen LogP contribution in [-0.4, -0.2) is 28.5 Å². The number of oxazole rings is 1. The monoisotopic (exact) mass is 381 g/mol. The van der Waals surface area contributed by atoms with Crippen molar-refractivity contribution in [1.29, 1.82) is 0 Å². The van der Waals surface area contributed by atoms with Gasteiger partial charge in [0.1, 0.15) is 17.9 Å². The smallest absolute Gasteiger partial charge is 0.295 e. The zero-order valence-corrected chi connectivity index (χ0v) is 14.9. The molecule has 0 saturated carbocycles. The number of nitrogens with zero attached hydrogens (tertiary/aromatic N) is 1. The molecule has 1 fully saturated rings. The second kappa shape index (κ2) is 7.55. The van der Waals surface area contributed by atoms with Crippen molar-refractivity contribution in [2.75, 3.05) is 18.5 Å². The molecule has 1 aliphatic heterocycles. The Hall–Kier alpha value is -3.26. The molecule has 27 heavy (non-hydrogen) atoms. The van der Waals surface area contributed by atoms with Crippen LogP contribution in [0.2, 0.25) is 0 Å². The molecule has 0 bridgehead atoms. The molecule has 0 spiro atoms. The van der Waals surface area contributed by atoms with Gasteiger partial charge in [0.15, 0.2) is 5.58 Å². The van der Waals surface area contributed by atoms with Crippen molar-refractivity contribution in [2.24, 2.45) is 0 Å². The predicted molar refractivity (Wildman–Crippen MR) is 104 cm³/mol. The third-order valence-corrected chi connectivity index (χ3v) is 4.47. The van der Waals surface area contributed by atoms with Gasteiger partial charge in [0.2, 0.25) is 5.12 Å². The molecule has 8 heteroatoms. The van der Waals surface area contributed by atoms with Gasteiger partial charge in [-0.05, 0) is 35.9 Å². The Morgan fingerprint density at radius 3 is 2.70 bits per heavy atom. The fraction of sp³-hybridized carbons (Fsp3) is 0.105. The van der Waals surface area contributed by atoms with Crippen LogP contribution in [0.1, 0.15) is 5.56 Å². The fourth-order valence-electron chi connectivity index (χ4n) is 2.52. The topological polar surface area (TPSA) is 93.5 Å². The van der Waals surface area contributed by atoms with Crippen molar-refractivity contribution in [1.82, 2.24) is 10.3 Å². The number of nitrogens with one attached hydrogen (secondary N) is 2. The molecule has 7 nitrogen and oxygen atoms in total. The van der Waals surface area contributed by atoms with Gasteiger partial charge >= 0.3 is 0 Å². The standard InChI is InChI=1S/C19H15N3O4S/c23-17-15(22-19(24)27-17)11-12-5-7-13(8-6-12)25-10-9-20-18-21-14-3-1-2-4-16(14)26-18/h1-8,11H,9-10H2,(H,20,21)(H,22,24). The van der Waals surface area contributed by atoms with Crippen molar-refractivity contribution in [3.05, 3.63) is 59.8 Å². The number of benzene rings is 2. The number of aromatic nitrogens is 1. The van der Waals surface area contributed by atoms with Crippen LogP contribution in [0.5, 0.6) is 5.75 Å². The van der Waals surface area contributed by atoms with Gasteiger partial charge in [-0.2, -0.15) is 4.98 Å². The van der Waals surface area contributed by atoms with E-state index in [0.717, 1.165) is 16.7 Å². The molecule has 1 saturated heterocycles. The van der Waals surface area contributed by atoms with E-state index in [4.69, 9.17) is 9.15 Å². The van der Waals surface area contributed by atoms with Crippen LogP contribution in [0, 0.1) is 0 Å². The molecule has 1 amide bonds. The Morgan fingerprint density at radius 1 is 1.15 bits per heavy atom. The molecule has 136 valence electrons. The minimum atomic E-state index is -0.349. The van der Waals surface area contributed by atoms with E-state index >= 15 is 0 Å². The van der Waals surface area contributed by atoms with Crippen molar-refractivity contribution in [2.45, 2.75) is 0 Å². The second-order valence-electron chi connectivity index (χ2n) is 5.69. The first-order chi connectivity index (χ1) is 13.2. The van der Waals surface area contributed by atoms with Crippen molar-refractivity contribution in [3.63, 3.8) is 0 Å². The van der Waals surface area contributed by atoms with Gasteiger partial charge < -0.3 is 19.8 Å². The van der Waals surface area contributed by atoms with Gasteiger partial charge in [0, 0.05) is 11.8 Å². The first kappa shape index (κ1) is 17.2. The third kappa shape index (κ3) is 4.12. The van der Waals surface area contributed by atoms with E-state index in [2.05, 4.69) is 15.6 Å². The minimum absolute atomic E-state index is 0.273. The summed E-state index contributed by atoms with van der Waals surface area (Å²) >= 11 is 0.662. The molecule has 1 aromatic heterocycles. The molecule has 0 atom stereocenters. The van der Waals surface area contributed by atoms with E-state index in [1.807, 2.05) is 36.4 Å². The lowest BCUT2D eigenvalue weighted by Gasteiger charge is -2.06. The molecular weight excluding hydrogens is 366 g/mol. The SMILES string of the molecule is O=C1NC(=Cc2ccc(OCCNc3nc4ccccc4o3)cc2)C(=O)S1. The number of hydrogen-bond donors (Lipinski definition) is 2. The van der Waals surface area contributed by atoms with Gasteiger partial charge in [-0.1, -0.05) is 24.3 Å². The highest BCUT2D eigenvalue weighted by atomic mass is 32.2. The van der Waals surface area contributed by atoms with E-state index in [1.165, 1.54) is 0 Å². The van der Waals surface area contributed by atoms with Gasteiger partial charge in [-0.15, -0.1) is 0 Å². The lowest BCUT2D eigenvalue weighted by atomic mass is 10.2. The van der Waals surface area contributed by atoms with E-state index in [1.54, 1.807) is 18.2 Å². The maximum absolute atomic E-state index is 11.6. The van der Waals surface area contributed by atoms with Crippen LogP contribution in [0.3, 0.4) is 0 Å². The number of para-hydroxylation sites is 2. The Kier molecular flexibility index (Phi) is 4.80. The number of rotatable bonds is 6. The average molecular weight is 381 g/mol. The summed E-state index contributed by atoms with van der Waals surface area (Å²) in [5.74, 6) is 0.702. The van der Waals surface area contributed by atoms with Crippen LogP contribution < -0.4 is 15.4 Å². The molecule has 4 rings (SSSR count). The number of fused-ring (bicyclic) bond motifs is 1. The normalized spacial score (nSPS) is 15.3. The predicted octanol–water partition coefficient (Wildman–Crippen LogP) is 3.64. The molecule has 2 heterocycles. The van der Waals surface area contributed by atoms with Gasteiger partial charge in [0.25, 0.3) is 11.3 Å². The Morgan fingerprint density at radius 2 is 1.96 bits per heavy atom. The van der Waals surface area contributed by atoms with Gasteiger partial charge in [0.05, 0.1) is 12.2 Å². The number of anilines is 1. The first-order valence-corrected chi connectivity index (χ1v) is 9.06. The molecule has 3 aromatic rings. The summed E-state index contributed by atoms with van der Waals surface area (Å²) in [5, 5.41) is 4.97. The van der Waals surface area contributed by atoms with E-state index in [0.29, 0.717) is 42.4 Å². The molecule has 0 radical (unpaired) electrons. The first-order valence-electron chi connectivity index (χ1n) is 8.24. The van der Waals surface area contributed by atoms with Crippen LogP contribution in [0.25, 0.3) is 17.2 Å². The molecule has 2 N–H and O–H groups in total. The van der Waals surface area contributed by atoms with Gasteiger partial charge in [-0.3, -0.25) is 9.59 Å². The zero-order chi connectivity index (χ0) is 18.6. The quantitative estimate of drug-likeness (QED) is 0.497. The minimum Gasteiger partial charge on any atom is -0.492 e. The van der Waals surface area contributed by atoms with Crippen LogP contribution in [0.4, 0.5) is 10.8 Å². The molecule has 2 aromatic carbocycles. The fourth-order valence-corrected chi connectivity index (χ4v) is 3.07. The second-order valence-corrected chi connectivity index (χ2v) is 6.64. The van der Waals surface area contributed by atoms with Crippen molar-refractivity contribution >= 4 is 45.3 Å². The number of hydrogen-bond acceptors (Lipinski definition) is 7. The molecular formula is C19H15N3O4S. The maximum atomic E-state index is 11.6. The highest BCUT2D eigenvalue weighted by Gasteiger charge is 2.25. The Bertz CT molecular complexity index is 994. The Labute approximate surface area is 158 Å². The van der Waals surface area contributed by atoms with Crippen LogP contribution >= 0.6 is 11.8 Å². The zero-order valence-electron chi connectivity index (χ0n) is 14.1.